The first kappa shape index (κ1) is 12.8. The Hall–Kier alpha value is -1.64. The van der Waals surface area contributed by atoms with E-state index in [1.807, 2.05) is 24.3 Å². The van der Waals surface area contributed by atoms with E-state index in [0.717, 1.165) is 12.1 Å². The molecule has 2 unspecified atom stereocenters. The van der Waals surface area contributed by atoms with Gasteiger partial charge in [-0.25, -0.2) is 0 Å². The highest BCUT2D eigenvalue weighted by Crippen LogP contribution is 2.26. The first-order valence-electron chi connectivity index (χ1n) is 6.41. The molecule has 0 saturated heterocycles. The molecule has 0 aromatic heterocycles. The molecular formula is C16H20N2. The van der Waals surface area contributed by atoms with Crippen molar-refractivity contribution in [2.75, 3.05) is 6.54 Å². The number of hydrogen-bond acceptors (Lipinski definition) is 2. The standard InChI is InChI=1S/C16H20N2/c1-2-18-16(14-11-7-4-8-12-14)15(17)13-9-5-3-6-10-13/h3-12,15-16,18H,2,17H2,1H3. The molecule has 0 aliphatic carbocycles. The zero-order valence-corrected chi connectivity index (χ0v) is 10.7. The molecule has 2 nitrogen and oxygen atoms in total. The van der Waals surface area contributed by atoms with Crippen molar-refractivity contribution in [1.29, 1.82) is 0 Å². The molecule has 0 fully saturated rings. The predicted molar refractivity (Wildman–Crippen MR) is 76.2 cm³/mol. The first-order chi connectivity index (χ1) is 8.83. The molecule has 2 aromatic rings. The van der Waals surface area contributed by atoms with Crippen LogP contribution in [0.1, 0.15) is 30.1 Å². The third-order valence-corrected chi connectivity index (χ3v) is 3.13. The zero-order chi connectivity index (χ0) is 12.8. The van der Waals surface area contributed by atoms with Crippen molar-refractivity contribution in [3.8, 4) is 0 Å². The summed E-state index contributed by atoms with van der Waals surface area (Å²) in [6.45, 7) is 3.01. The fraction of sp³-hybridized carbons (Fsp3) is 0.250. The molecule has 0 spiro atoms. The molecule has 0 aliphatic heterocycles. The number of nitrogens with one attached hydrogen (secondary N) is 1. The minimum absolute atomic E-state index is 0.0338. The Morgan fingerprint density at radius 3 is 1.89 bits per heavy atom. The summed E-state index contributed by atoms with van der Waals surface area (Å²) in [6.07, 6.45) is 0. The van der Waals surface area contributed by atoms with Crippen molar-refractivity contribution < 1.29 is 0 Å². The molecule has 18 heavy (non-hydrogen) atoms. The van der Waals surface area contributed by atoms with Gasteiger partial charge >= 0.3 is 0 Å². The van der Waals surface area contributed by atoms with E-state index in [-0.39, 0.29) is 12.1 Å². The summed E-state index contributed by atoms with van der Waals surface area (Å²) in [6, 6.07) is 20.7. The van der Waals surface area contributed by atoms with E-state index >= 15 is 0 Å². The molecule has 3 N–H and O–H groups in total. The van der Waals surface area contributed by atoms with Gasteiger partial charge in [-0.05, 0) is 17.7 Å². The lowest BCUT2D eigenvalue weighted by molar-refractivity contribution is 0.465. The number of hydrogen-bond donors (Lipinski definition) is 2. The summed E-state index contributed by atoms with van der Waals surface area (Å²) < 4.78 is 0. The second-order valence-electron chi connectivity index (χ2n) is 4.38. The number of rotatable bonds is 5. The molecule has 0 radical (unpaired) electrons. The van der Waals surface area contributed by atoms with Crippen molar-refractivity contribution >= 4 is 0 Å². The maximum Gasteiger partial charge on any atom is 0.0516 e. The molecular weight excluding hydrogens is 220 g/mol. The van der Waals surface area contributed by atoms with E-state index in [1.54, 1.807) is 0 Å². The van der Waals surface area contributed by atoms with Crippen LogP contribution < -0.4 is 11.1 Å². The SMILES string of the molecule is CCNC(c1ccccc1)C(N)c1ccccc1. The summed E-state index contributed by atoms with van der Waals surface area (Å²) in [4.78, 5) is 0. The van der Waals surface area contributed by atoms with Gasteiger partial charge in [0.25, 0.3) is 0 Å². The molecule has 94 valence electrons. The van der Waals surface area contributed by atoms with Crippen molar-refractivity contribution in [3.63, 3.8) is 0 Å². The molecule has 2 atom stereocenters. The van der Waals surface area contributed by atoms with Gasteiger partial charge in [-0.2, -0.15) is 0 Å². The minimum atomic E-state index is -0.0338. The lowest BCUT2D eigenvalue weighted by Crippen LogP contribution is -2.31. The average molecular weight is 240 g/mol. The Morgan fingerprint density at radius 2 is 1.39 bits per heavy atom. The van der Waals surface area contributed by atoms with Gasteiger partial charge in [0.1, 0.15) is 0 Å². The van der Waals surface area contributed by atoms with Gasteiger partial charge in [-0.1, -0.05) is 67.6 Å². The van der Waals surface area contributed by atoms with Crippen LogP contribution in [0.4, 0.5) is 0 Å². The third-order valence-electron chi connectivity index (χ3n) is 3.13. The van der Waals surface area contributed by atoms with Crippen molar-refractivity contribution in [1.82, 2.24) is 5.32 Å². The Kier molecular flexibility index (Phi) is 4.51. The Morgan fingerprint density at radius 1 is 0.889 bits per heavy atom. The number of likely N-dealkylation sites (N-methyl/N-ethyl adjacent to an activating group) is 1. The molecule has 0 saturated carbocycles. The second-order valence-corrected chi connectivity index (χ2v) is 4.38. The van der Waals surface area contributed by atoms with Crippen LogP contribution in [0.2, 0.25) is 0 Å². The quantitative estimate of drug-likeness (QED) is 0.843. The van der Waals surface area contributed by atoms with E-state index in [0.29, 0.717) is 0 Å². The molecule has 0 amide bonds. The second kappa shape index (κ2) is 6.34. The van der Waals surface area contributed by atoms with E-state index in [1.165, 1.54) is 5.56 Å². The first-order valence-corrected chi connectivity index (χ1v) is 6.41. The van der Waals surface area contributed by atoms with Crippen LogP contribution in [0.25, 0.3) is 0 Å². The van der Waals surface area contributed by atoms with Crippen LogP contribution in [0, 0.1) is 0 Å². The van der Waals surface area contributed by atoms with Gasteiger partial charge in [0, 0.05) is 6.04 Å². The van der Waals surface area contributed by atoms with Crippen LogP contribution in [-0.2, 0) is 0 Å². The highest BCUT2D eigenvalue weighted by molar-refractivity contribution is 5.27. The van der Waals surface area contributed by atoms with E-state index in [4.69, 9.17) is 5.73 Å². The molecule has 2 rings (SSSR count). The summed E-state index contributed by atoms with van der Waals surface area (Å²) in [7, 11) is 0. The van der Waals surface area contributed by atoms with Crippen LogP contribution in [0.15, 0.2) is 60.7 Å². The normalized spacial score (nSPS) is 14.1. The van der Waals surface area contributed by atoms with Crippen molar-refractivity contribution in [2.24, 2.45) is 5.73 Å². The van der Waals surface area contributed by atoms with Crippen molar-refractivity contribution in [2.45, 2.75) is 19.0 Å². The highest BCUT2D eigenvalue weighted by atomic mass is 14.9. The fourth-order valence-electron chi connectivity index (χ4n) is 2.20. The molecule has 0 heterocycles. The molecule has 0 aliphatic rings. The van der Waals surface area contributed by atoms with Crippen LogP contribution >= 0.6 is 0 Å². The van der Waals surface area contributed by atoms with Gasteiger partial charge in [0.2, 0.25) is 0 Å². The Labute approximate surface area is 109 Å². The third kappa shape index (κ3) is 2.97. The summed E-state index contributed by atoms with van der Waals surface area (Å²) >= 11 is 0. The average Bonchev–Trinajstić information content (AvgIpc) is 2.46. The Balaban J connectivity index is 2.26. The maximum absolute atomic E-state index is 6.39. The van der Waals surface area contributed by atoms with Gasteiger partial charge in [0.05, 0.1) is 6.04 Å². The molecule has 2 aromatic carbocycles. The maximum atomic E-state index is 6.39. The summed E-state index contributed by atoms with van der Waals surface area (Å²) in [5, 5.41) is 3.47. The van der Waals surface area contributed by atoms with Gasteiger partial charge in [-0.3, -0.25) is 0 Å². The zero-order valence-electron chi connectivity index (χ0n) is 10.7. The summed E-state index contributed by atoms with van der Waals surface area (Å²) in [5.74, 6) is 0. The van der Waals surface area contributed by atoms with E-state index in [2.05, 4.69) is 48.6 Å². The predicted octanol–water partition coefficient (Wildman–Crippen LogP) is 3.04. The van der Waals surface area contributed by atoms with Crippen LogP contribution in [0.5, 0.6) is 0 Å². The lowest BCUT2D eigenvalue weighted by Gasteiger charge is -2.25. The van der Waals surface area contributed by atoms with Gasteiger partial charge in [0.15, 0.2) is 0 Å². The number of nitrogens with two attached hydrogens (primary N) is 1. The molecule has 2 heteroatoms. The Bertz CT molecular complexity index is 453. The monoisotopic (exact) mass is 240 g/mol. The van der Waals surface area contributed by atoms with E-state index in [9.17, 15) is 0 Å². The van der Waals surface area contributed by atoms with Crippen molar-refractivity contribution in [3.05, 3.63) is 71.8 Å². The minimum Gasteiger partial charge on any atom is -0.322 e. The number of benzene rings is 2. The fourth-order valence-corrected chi connectivity index (χ4v) is 2.20. The van der Waals surface area contributed by atoms with Gasteiger partial charge < -0.3 is 11.1 Å². The van der Waals surface area contributed by atoms with Gasteiger partial charge in [-0.15, -0.1) is 0 Å². The van der Waals surface area contributed by atoms with Crippen LogP contribution in [-0.4, -0.2) is 6.54 Å². The van der Waals surface area contributed by atoms with Crippen LogP contribution in [0.3, 0.4) is 0 Å². The topological polar surface area (TPSA) is 38.0 Å². The largest absolute Gasteiger partial charge is 0.322 e. The highest BCUT2D eigenvalue weighted by Gasteiger charge is 2.19. The lowest BCUT2D eigenvalue weighted by atomic mass is 9.94. The summed E-state index contributed by atoms with van der Waals surface area (Å²) in [5.41, 5.74) is 8.79. The smallest absolute Gasteiger partial charge is 0.0516 e. The van der Waals surface area contributed by atoms with E-state index < -0.39 is 0 Å². The molecule has 0 bridgehead atoms.